The van der Waals surface area contributed by atoms with Gasteiger partial charge in [-0.1, -0.05) is 18.2 Å². The van der Waals surface area contributed by atoms with E-state index in [-0.39, 0.29) is 12.2 Å². The Bertz CT molecular complexity index is 670. The Labute approximate surface area is 122 Å². The van der Waals surface area contributed by atoms with Crippen LogP contribution < -0.4 is 4.74 Å². The van der Waals surface area contributed by atoms with Crippen molar-refractivity contribution < 1.29 is 18.3 Å². The van der Waals surface area contributed by atoms with Gasteiger partial charge in [-0.25, -0.2) is 8.78 Å². The zero-order valence-corrected chi connectivity index (χ0v) is 12.2. The lowest BCUT2D eigenvalue weighted by atomic mass is 9.99. The van der Waals surface area contributed by atoms with Gasteiger partial charge in [-0.2, -0.15) is 0 Å². The van der Waals surface area contributed by atoms with E-state index >= 15 is 0 Å². The van der Waals surface area contributed by atoms with E-state index in [0.717, 1.165) is 28.8 Å². The number of ether oxygens (including phenoxy) is 1. The molecule has 4 heteroatoms. The summed E-state index contributed by atoms with van der Waals surface area (Å²) in [6, 6.07) is 7.55. The Kier molecular flexibility index (Phi) is 4.36. The standard InChI is InChI=1S/C17H16F2O2/c1-10-4-5-12(6-11(10)2)7-16(20)17-14(18)8-13(21-3)9-15(17)19/h4-6,8-9H,7H2,1-3H3. The number of benzene rings is 2. The molecular formula is C17H16F2O2. The lowest BCUT2D eigenvalue weighted by molar-refractivity contribution is 0.0985. The second-order valence-corrected chi connectivity index (χ2v) is 4.98. The van der Waals surface area contributed by atoms with Crippen LogP contribution in [0, 0.1) is 25.5 Å². The minimum atomic E-state index is -0.902. The third kappa shape index (κ3) is 3.27. The summed E-state index contributed by atoms with van der Waals surface area (Å²) in [4.78, 5) is 12.1. The van der Waals surface area contributed by atoms with Gasteiger partial charge in [0.05, 0.1) is 12.7 Å². The van der Waals surface area contributed by atoms with Gasteiger partial charge < -0.3 is 4.74 Å². The van der Waals surface area contributed by atoms with Crippen molar-refractivity contribution in [3.8, 4) is 5.75 Å². The van der Waals surface area contributed by atoms with Gasteiger partial charge >= 0.3 is 0 Å². The molecule has 2 rings (SSSR count). The first-order valence-electron chi connectivity index (χ1n) is 6.54. The number of methoxy groups -OCH3 is 1. The highest BCUT2D eigenvalue weighted by atomic mass is 19.1. The molecule has 0 aliphatic carbocycles. The molecule has 0 atom stereocenters. The number of carbonyl (C=O) groups excluding carboxylic acids is 1. The van der Waals surface area contributed by atoms with Crippen LogP contribution in [-0.4, -0.2) is 12.9 Å². The van der Waals surface area contributed by atoms with E-state index in [4.69, 9.17) is 4.74 Å². The molecule has 0 aromatic heterocycles. The highest BCUT2D eigenvalue weighted by molar-refractivity contribution is 5.98. The monoisotopic (exact) mass is 290 g/mol. The average molecular weight is 290 g/mol. The molecule has 110 valence electrons. The third-order valence-corrected chi connectivity index (χ3v) is 3.47. The van der Waals surface area contributed by atoms with E-state index in [2.05, 4.69) is 0 Å². The summed E-state index contributed by atoms with van der Waals surface area (Å²) in [5.41, 5.74) is 2.36. The summed E-state index contributed by atoms with van der Waals surface area (Å²) in [7, 11) is 1.31. The van der Waals surface area contributed by atoms with Crippen LogP contribution in [-0.2, 0) is 6.42 Å². The molecule has 0 N–H and O–H groups in total. The Morgan fingerprint density at radius 2 is 1.67 bits per heavy atom. The van der Waals surface area contributed by atoms with Gasteiger partial charge in [0.2, 0.25) is 0 Å². The van der Waals surface area contributed by atoms with Crippen LogP contribution in [0.4, 0.5) is 8.78 Å². The van der Waals surface area contributed by atoms with Gasteiger partial charge in [0.25, 0.3) is 0 Å². The van der Waals surface area contributed by atoms with Gasteiger partial charge in [-0.05, 0) is 30.5 Å². The largest absolute Gasteiger partial charge is 0.497 e. The first-order valence-corrected chi connectivity index (χ1v) is 6.54. The van der Waals surface area contributed by atoms with Crippen molar-refractivity contribution in [1.82, 2.24) is 0 Å². The fraction of sp³-hybridized carbons (Fsp3) is 0.235. The topological polar surface area (TPSA) is 26.3 Å². The molecule has 2 nitrogen and oxygen atoms in total. The SMILES string of the molecule is COc1cc(F)c(C(=O)Cc2ccc(C)c(C)c2)c(F)c1. The Balaban J connectivity index is 2.30. The van der Waals surface area contributed by atoms with E-state index in [9.17, 15) is 13.6 Å². The molecule has 0 fully saturated rings. The van der Waals surface area contributed by atoms with Crippen molar-refractivity contribution in [2.24, 2.45) is 0 Å². The highest BCUT2D eigenvalue weighted by Gasteiger charge is 2.19. The number of Topliss-reactive ketones (excluding diaryl/α,β-unsaturated/α-hetero) is 1. The van der Waals surface area contributed by atoms with Crippen LogP contribution in [0.5, 0.6) is 5.75 Å². The summed E-state index contributed by atoms with van der Waals surface area (Å²) in [6.45, 7) is 3.89. The van der Waals surface area contributed by atoms with E-state index in [1.54, 1.807) is 6.07 Å². The molecule has 2 aromatic rings. The third-order valence-electron chi connectivity index (χ3n) is 3.47. The molecule has 0 saturated carbocycles. The number of hydrogen-bond donors (Lipinski definition) is 0. The minimum absolute atomic E-state index is 0.0404. The molecule has 0 saturated heterocycles. The molecule has 2 aromatic carbocycles. The predicted octanol–water partition coefficient (Wildman–Crippen LogP) is 4.02. The molecule has 0 aliphatic heterocycles. The molecule has 0 spiro atoms. The normalized spacial score (nSPS) is 10.5. The minimum Gasteiger partial charge on any atom is -0.497 e. The number of aryl methyl sites for hydroxylation is 2. The molecule has 21 heavy (non-hydrogen) atoms. The zero-order chi connectivity index (χ0) is 15.6. The summed E-state index contributed by atoms with van der Waals surface area (Å²) in [5, 5.41) is 0. The van der Waals surface area contributed by atoms with Crippen molar-refractivity contribution in [2.45, 2.75) is 20.3 Å². The Morgan fingerprint density at radius 3 is 2.19 bits per heavy atom. The maximum atomic E-state index is 13.9. The van der Waals surface area contributed by atoms with Crippen LogP contribution in [0.2, 0.25) is 0 Å². The van der Waals surface area contributed by atoms with E-state index < -0.39 is 23.0 Å². The fourth-order valence-corrected chi connectivity index (χ4v) is 2.12. The lowest BCUT2D eigenvalue weighted by Crippen LogP contribution is -2.10. The first-order chi connectivity index (χ1) is 9.92. The fourth-order valence-electron chi connectivity index (χ4n) is 2.12. The van der Waals surface area contributed by atoms with Crippen molar-refractivity contribution in [1.29, 1.82) is 0 Å². The summed E-state index contributed by atoms with van der Waals surface area (Å²) in [6.07, 6.45) is -0.0404. The van der Waals surface area contributed by atoms with Gasteiger partial charge in [0.1, 0.15) is 17.4 Å². The second-order valence-electron chi connectivity index (χ2n) is 4.98. The predicted molar refractivity (Wildman–Crippen MR) is 76.9 cm³/mol. The van der Waals surface area contributed by atoms with Gasteiger partial charge in [0.15, 0.2) is 5.78 Å². The van der Waals surface area contributed by atoms with Crippen LogP contribution in [0.3, 0.4) is 0 Å². The highest BCUT2D eigenvalue weighted by Crippen LogP contribution is 2.22. The van der Waals surface area contributed by atoms with Gasteiger partial charge in [-0.15, -0.1) is 0 Å². The molecule has 0 bridgehead atoms. The zero-order valence-electron chi connectivity index (χ0n) is 12.2. The van der Waals surface area contributed by atoms with Crippen molar-refractivity contribution in [2.75, 3.05) is 7.11 Å². The summed E-state index contributed by atoms with van der Waals surface area (Å²) < 4.78 is 32.5. The smallest absolute Gasteiger partial charge is 0.173 e. The lowest BCUT2D eigenvalue weighted by Gasteiger charge is -2.08. The van der Waals surface area contributed by atoms with Crippen LogP contribution in [0.25, 0.3) is 0 Å². The maximum absolute atomic E-state index is 13.9. The van der Waals surface area contributed by atoms with Crippen molar-refractivity contribution in [3.05, 3.63) is 64.2 Å². The van der Waals surface area contributed by atoms with E-state index in [0.29, 0.717) is 0 Å². The quantitative estimate of drug-likeness (QED) is 0.795. The number of halogens is 2. The first kappa shape index (κ1) is 15.2. The number of ketones is 1. The molecule has 0 amide bonds. The molecule has 0 heterocycles. The average Bonchev–Trinajstić information content (AvgIpc) is 2.42. The van der Waals surface area contributed by atoms with Crippen LogP contribution >= 0.6 is 0 Å². The van der Waals surface area contributed by atoms with Gasteiger partial charge in [0, 0.05) is 18.6 Å². The molecule has 0 unspecified atom stereocenters. The van der Waals surface area contributed by atoms with Crippen molar-refractivity contribution >= 4 is 5.78 Å². The van der Waals surface area contributed by atoms with Crippen molar-refractivity contribution in [3.63, 3.8) is 0 Å². The number of rotatable bonds is 4. The maximum Gasteiger partial charge on any atom is 0.173 e. The second kappa shape index (κ2) is 6.04. The van der Waals surface area contributed by atoms with Crippen LogP contribution in [0.15, 0.2) is 30.3 Å². The molecular weight excluding hydrogens is 274 g/mol. The molecule has 0 aliphatic rings. The number of carbonyl (C=O) groups is 1. The Hall–Kier alpha value is -2.23. The summed E-state index contributed by atoms with van der Waals surface area (Å²) >= 11 is 0. The molecule has 0 radical (unpaired) electrons. The van der Waals surface area contributed by atoms with E-state index in [1.807, 2.05) is 26.0 Å². The van der Waals surface area contributed by atoms with E-state index in [1.165, 1.54) is 7.11 Å². The van der Waals surface area contributed by atoms with Gasteiger partial charge in [-0.3, -0.25) is 4.79 Å². The summed E-state index contributed by atoms with van der Waals surface area (Å²) in [5.74, 6) is -2.34. The van der Waals surface area contributed by atoms with Crippen LogP contribution in [0.1, 0.15) is 27.0 Å². The number of hydrogen-bond acceptors (Lipinski definition) is 2. The Morgan fingerprint density at radius 1 is 1.05 bits per heavy atom.